The molecular formula is C22H27BrN2O. The molecule has 0 aromatic heterocycles. The Labute approximate surface area is 165 Å². The average molecular weight is 415 g/mol. The molecule has 0 bridgehead atoms. The summed E-state index contributed by atoms with van der Waals surface area (Å²) in [6.07, 6.45) is 1.99. The monoisotopic (exact) mass is 414 g/mol. The molecule has 1 saturated heterocycles. The summed E-state index contributed by atoms with van der Waals surface area (Å²) in [5.74, 6) is 0.313. The van der Waals surface area contributed by atoms with Crippen LogP contribution in [-0.2, 0) is 0 Å². The summed E-state index contributed by atoms with van der Waals surface area (Å²) in [5.41, 5.74) is 2.36. The molecule has 3 nitrogen and oxygen atoms in total. The summed E-state index contributed by atoms with van der Waals surface area (Å²) in [4.78, 5) is 5.04. The first-order valence-electron chi connectivity index (χ1n) is 9.14. The Hall–Kier alpha value is -1.62. The second-order valence-electron chi connectivity index (χ2n) is 7.19. The highest BCUT2D eigenvalue weighted by molar-refractivity contribution is 9.10. The van der Waals surface area contributed by atoms with E-state index in [-0.39, 0.29) is 6.04 Å². The largest absolute Gasteiger partial charge is 0.508 e. The van der Waals surface area contributed by atoms with Gasteiger partial charge in [-0.15, -0.1) is 6.58 Å². The van der Waals surface area contributed by atoms with E-state index in [0.717, 1.165) is 29.7 Å². The first-order chi connectivity index (χ1) is 12.5. The van der Waals surface area contributed by atoms with Crippen LogP contribution in [0.2, 0.25) is 0 Å². The van der Waals surface area contributed by atoms with E-state index in [1.54, 1.807) is 6.07 Å². The number of benzene rings is 2. The van der Waals surface area contributed by atoms with Crippen molar-refractivity contribution >= 4 is 15.9 Å². The van der Waals surface area contributed by atoms with Crippen LogP contribution in [-0.4, -0.2) is 46.6 Å². The van der Waals surface area contributed by atoms with Gasteiger partial charge in [0.1, 0.15) is 5.75 Å². The van der Waals surface area contributed by atoms with Crippen LogP contribution in [0.3, 0.4) is 0 Å². The number of halogens is 1. The van der Waals surface area contributed by atoms with Gasteiger partial charge in [0, 0.05) is 36.2 Å². The summed E-state index contributed by atoms with van der Waals surface area (Å²) >= 11 is 3.61. The van der Waals surface area contributed by atoms with Crippen LogP contribution in [0, 0.1) is 0 Å². The number of aromatic hydroxyl groups is 1. The number of phenols is 1. The maximum Gasteiger partial charge on any atom is 0.115 e. The lowest BCUT2D eigenvalue weighted by Gasteiger charge is -2.47. The maximum absolute atomic E-state index is 10.0. The predicted molar refractivity (Wildman–Crippen MR) is 111 cm³/mol. The van der Waals surface area contributed by atoms with Crippen molar-refractivity contribution in [2.45, 2.75) is 32.0 Å². The van der Waals surface area contributed by atoms with E-state index in [4.69, 9.17) is 0 Å². The van der Waals surface area contributed by atoms with E-state index in [2.05, 4.69) is 76.5 Å². The molecule has 2 aromatic carbocycles. The fraction of sp³-hybridized carbons (Fsp3) is 0.364. The van der Waals surface area contributed by atoms with Crippen molar-refractivity contribution in [1.82, 2.24) is 9.80 Å². The highest BCUT2D eigenvalue weighted by atomic mass is 79.9. The zero-order valence-corrected chi connectivity index (χ0v) is 17.1. The van der Waals surface area contributed by atoms with Gasteiger partial charge in [-0.25, -0.2) is 0 Å². The number of piperazine rings is 1. The quantitative estimate of drug-likeness (QED) is 0.709. The Morgan fingerprint density at radius 2 is 1.81 bits per heavy atom. The Morgan fingerprint density at radius 3 is 2.46 bits per heavy atom. The van der Waals surface area contributed by atoms with Crippen molar-refractivity contribution in [3.8, 4) is 5.75 Å². The van der Waals surface area contributed by atoms with Crippen molar-refractivity contribution in [3.63, 3.8) is 0 Å². The topological polar surface area (TPSA) is 26.7 Å². The summed E-state index contributed by atoms with van der Waals surface area (Å²) in [5, 5.41) is 10.0. The van der Waals surface area contributed by atoms with E-state index in [0.29, 0.717) is 17.8 Å². The Morgan fingerprint density at radius 1 is 1.12 bits per heavy atom. The lowest BCUT2D eigenvalue weighted by molar-refractivity contribution is 0.0306. The molecule has 0 spiro atoms. The van der Waals surface area contributed by atoms with Crippen molar-refractivity contribution in [2.75, 3.05) is 19.6 Å². The lowest BCUT2D eigenvalue weighted by atomic mass is 9.93. The fourth-order valence-corrected chi connectivity index (χ4v) is 4.37. The molecule has 138 valence electrons. The average Bonchev–Trinajstić information content (AvgIpc) is 2.60. The zero-order valence-electron chi connectivity index (χ0n) is 15.5. The minimum absolute atomic E-state index is 0.114. The van der Waals surface area contributed by atoms with Crippen LogP contribution < -0.4 is 0 Å². The second-order valence-corrected chi connectivity index (χ2v) is 8.11. The number of hydrogen-bond donors (Lipinski definition) is 1. The third-order valence-corrected chi connectivity index (χ3v) is 5.70. The lowest BCUT2D eigenvalue weighted by Crippen LogP contribution is -2.57. The van der Waals surface area contributed by atoms with Crippen LogP contribution in [0.15, 0.2) is 65.7 Å². The molecule has 1 heterocycles. The van der Waals surface area contributed by atoms with Crippen molar-refractivity contribution in [1.29, 1.82) is 0 Å². The molecule has 1 aliphatic heterocycles. The molecule has 0 aliphatic carbocycles. The fourth-order valence-electron chi connectivity index (χ4n) is 3.95. The minimum atomic E-state index is 0.114. The minimum Gasteiger partial charge on any atom is -0.508 e. The third-order valence-electron chi connectivity index (χ3n) is 5.21. The molecule has 1 fully saturated rings. The number of nitrogens with zero attached hydrogens (tertiary/aromatic N) is 2. The molecule has 3 rings (SSSR count). The van der Waals surface area contributed by atoms with Gasteiger partial charge in [-0.3, -0.25) is 9.80 Å². The molecule has 0 unspecified atom stereocenters. The summed E-state index contributed by atoms with van der Waals surface area (Å²) < 4.78 is 1.08. The number of rotatable bonds is 5. The molecule has 26 heavy (non-hydrogen) atoms. The molecule has 4 heteroatoms. The first-order valence-corrected chi connectivity index (χ1v) is 9.94. The highest BCUT2D eigenvalue weighted by Crippen LogP contribution is 2.35. The van der Waals surface area contributed by atoms with Crippen molar-refractivity contribution in [2.24, 2.45) is 0 Å². The van der Waals surface area contributed by atoms with Gasteiger partial charge in [0.15, 0.2) is 0 Å². The van der Waals surface area contributed by atoms with E-state index in [9.17, 15) is 5.11 Å². The van der Waals surface area contributed by atoms with E-state index >= 15 is 0 Å². The molecule has 0 radical (unpaired) electrons. The molecule has 1 aliphatic rings. The Balaban J connectivity index is 1.99. The van der Waals surface area contributed by atoms with E-state index in [1.807, 2.05) is 18.2 Å². The van der Waals surface area contributed by atoms with Gasteiger partial charge < -0.3 is 5.11 Å². The van der Waals surface area contributed by atoms with Gasteiger partial charge in [0.25, 0.3) is 0 Å². The molecule has 1 N–H and O–H groups in total. The Kier molecular flexibility index (Phi) is 6.17. The normalized spacial score (nSPS) is 22.9. The van der Waals surface area contributed by atoms with Crippen LogP contribution in [0.25, 0.3) is 0 Å². The highest BCUT2D eigenvalue weighted by Gasteiger charge is 2.34. The number of hydrogen-bond acceptors (Lipinski definition) is 3. The van der Waals surface area contributed by atoms with Gasteiger partial charge in [-0.2, -0.15) is 0 Å². The van der Waals surface area contributed by atoms with E-state index in [1.165, 1.54) is 5.56 Å². The van der Waals surface area contributed by atoms with Gasteiger partial charge in [0.2, 0.25) is 0 Å². The van der Waals surface area contributed by atoms with E-state index < -0.39 is 0 Å². The van der Waals surface area contributed by atoms with Crippen LogP contribution in [0.5, 0.6) is 5.75 Å². The van der Waals surface area contributed by atoms with Gasteiger partial charge in [-0.05, 0) is 49.2 Å². The predicted octanol–water partition coefficient (Wildman–Crippen LogP) is 4.82. The first kappa shape index (κ1) is 19.2. The molecule has 2 aromatic rings. The maximum atomic E-state index is 10.0. The van der Waals surface area contributed by atoms with Gasteiger partial charge in [0.05, 0.1) is 6.04 Å². The van der Waals surface area contributed by atoms with Gasteiger partial charge >= 0.3 is 0 Å². The SMILES string of the molecule is C=CCN1C[C@H](C)N([C@H](c2cccc(O)c2)c2cccc(Br)c2)C[C@H]1C. The summed E-state index contributed by atoms with van der Waals surface area (Å²) in [6, 6.07) is 17.1. The molecule has 0 amide bonds. The van der Waals surface area contributed by atoms with Crippen LogP contribution >= 0.6 is 15.9 Å². The standard InChI is InChI=1S/C22H27BrN2O/c1-4-11-24-14-17(3)25(15-16(24)2)22(18-7-5-9-20(23)12-18)19-8-6-10-21(26)13-19/h4-10,12-13,16-17,22,26H,1,11,14-15H2,2-3H3/t16-,17+,22+/m1/s1. The molecule has 3 atom stereocenters. The number of phenolic OH excluding ortho intramolecular Hbond substituents is 1. The summed E-state index contributed by atoms with van der Waals surface area (Å²) in [6.45, 7) is 11.4. The third kappa shape index (κ3) is 4.20. The van der Waals surface area contributed by atoms with Crippen LogP contribution in [0.4, 0.5) is 0 Å². The molecule has 0 saturated carbocycles. The van der Waals surface area contributed by atoms with Gasteiger partial charge in [-0.1, -0.05) is 46.3 Å². The Bertz CT molecular complexity index is 718. The zero-order chi connectivity index (χ0) is 18.7. The van der Waals surface area contributed by atoms with Crippen LogP contribution in [0.1, 0.15) is 31.0 Å². The summed E-state index contributed by atoms with van der Waals surface area (Å²) in [7, 11) is 0. The second kappa shape index (κ2) is 8.38. The van der Waals surface area contributed by atoms with Crippen molar-refractivity contribution in [3.05, 3.63) is 76.8 Å². The molecular weight excluding hydrogens is 388 g/mol. The smallest absolute Gasteiger partial charge is 0.115 e. The van der Waals surface area contributed by atoms with Crippen molar-refractivity contribution < 1.29 is 5.11 Å².